The molecule has 2 rings (SSSR count). The van der Waals surface area contributed by atoms with Crippen LogP contribution in [0.3, 0.4) is 0 Å². The maximum Gasteiger partial charge on any atom is 0.194 e. The fourth-order valence-corrected chi connectivity index (χ4v) is 2.11. The second-order valence-electron chi connectivity index (χ2n) is 4.38. The summed E-state index contributed by atoms with van der Waals surface area (Å²) in [6.07, 6.45) is 1.55. The molecule has 21 heavy (non-hydrogen) atoms. The average Bonchev–Trinajstić information content (AvgIpc) is 2.49. The monoisotopic (exact) mass is 296 g/mol. The van der Waals surface area contributed by atoms with Gasteiger partial charge in [-0.2, -0.15) is 0 Å². The third kappa shape index (κ3) is 3.16. The number of nitrogens with one attached hydrogen (secondary N) is 1. The molecule has 0 aliphatic heterocycles. The van der Waals surface area contributed by atoms with Gasteiger partial charge in [-0.05, 0) is 36.4 Å². The minimum absolute atomic E-state index is 0.241. The Morgan fingerprint density at radius 3 is 2.48 bits per heavy atom. The molecule has 3 nitrogen and oxygen atoms in total. The zero-order valence-electron chi connectivity index (χ0n) is 11.7. The minimum atomic E-state index is -1.48. The number of hydrogen-bond acceptors (Lipinski definition) is 3. The van der Waals surface area contributed by atoms with Gasteiger partial charge in [0.25, 0.3) is 0 Å². The van der Waals surface area contributed by atoms with Crippen molar-refractivity contribution in [2.45, 2.75) is 13.0 Å². The normalized spacial score (nSPS) is 12.2. The quantitative estimate of drug-likeness (QED) is 0.860. The van der Waals surface area contributed by atoms with Crippen LogP contribution in [0.2, 0.25) is 0 Å². The van der Waals surface area contributed by atoms with Gasteiger partial charge in [0.2, 0.25) is 0 Å². The molecule has 0 radical (unpaired) electrons. The van der Waals surface area contributed by atoms with E-state index in [1.165, 1.54) is 7.11 Å². The van der Waals surface area contributed by atoms with Crippen molar-refractivity contribution < 1.29 is 17.9 Å². The van der Waals surface area contributed by atoms with Crippen LogP contribution in [0.1, 0.15) is 24.2 Å². The molecule has 2 aromatic rings. The Bertz CT molecular complexity index is 611. The van der Waals surface area contributed by atoms with Crippen LogP contribution in [0.15, 0.2) is 30.5 Å². The molecule has 1 heterocycles. The molecule has 0 aliphatic rings. The van der Waals surface area contributed by atoms with Crippen molar-refractivity contribution in [3.8, 4) is 5.75 Å². The predicted molar refractivity (Wildman–Crippen MR) is 72.6 cm³/mol. The molecule has 0 saturated heterocycles. The fourth-order valence-electron chi connectivity index (χ4n) is 2.11. The van der Waals surface area contributed by atoms with Gasteiger partial charge in [-0.3, -0.25) is 4.98 Å². The van der Waals surface area contributed by atoms with Gasteiger partial charge in [0.1, 0.15) is 11.4 Å². The van der Waals surface area contributed by atoms with E-state index in [1.54, 1.807) is 18.3 Å². The molecular weight excluding hydrogens is 281 g/mol. The van der Waals surface area contributed by atoms with E-state index in [2.05, 4.69) is 10.3 Å². The van der Waals surface area contributed by atoms with Crippen LogP contribution in [-0.2, 0) is 0 Å². The molecule has 0 fully saturated rings. The van der Waals surface area contributed by atoms with Crippen LogP contribution in [0, 0.1) is 17.5 Å². The lowest BCUT2D eigenvalue weighted by atomic mass is 10.0. The van der Waals surface area contributed by atoms with Gasteiger partial charge in [0.15, 0.2) is 17.5 Å². The van der Waals surface area contributed by atoms with Crippen LogP contribution in [-0.4, -0.2) is 18.6 Å². The molecule has 0 aliphatic carbocycles. The number of aromatic nitrogens is 1. The van der Waals surface area contributed by atoms with Gasteiger partial charge in [-0.25, -0.2) is 13.2 Å². The van der Waals surface area contributed by atoms with E-state index < -0.39 is 23.5 Å². The maximum atomic E-state index is 13.4. The van der Waals surface area contributed by atoms with Gasteiger partial charge < -0.3 is 10.1 Å². The molecule has 1 N–H and O–H groups in total. The predicted octanol–water partition coefficient (Wildman–Crippen LogP) is 3.21. The number of ether oxygens (including phenoxy) is 1. The second kappa shape index (κ2) is 6.58. The Morgan fingerprint density at radius 1 is 1.24 bits per heavy atom. The zero-order chi connectivity index (χ0) is 15.4. The molecule has 112 valence electrons. The third-order valence-electron chi connectivity index (χ3n) is 3.04. The number of rotatable bonds is 5. The molecule has 1 aromatic carbocycles. The number of pyridine rings is 1. The van der Waals surface area contributed by atoms with Crippen LogP contribution in [0.5, 0.6) is 5.75 Å². The third-order valence-corrected chi connectivity index (χ3v) is 3.04. The average molecular weight is 296 g/mol. The van der Waals surface area contributed by atoms with Crippen LogP contribution in [0.25, 0.3) is 0 Å². The Hall–Kier alpha value is -2.08. The molecular formula is C15H15F3N2O. The summed E-state index contributed by atoms with van der Waals surface area (Å²) >= 11 is 0. The van der Waals surface area contributed by atoms with Crippen LogP contribution < -0.4 is 10.1 Å². The lowest BCUT2D eigenvalue weighted by Gasteiger charge is -2.20. The number of nitrogens with zero attached hydrogens (tertiary/aromatic N) is 1. The summed E-state index contributed by atoms with van der Waals surface area (Å²) in [5, 5.41) is 3.07. The number of methoxy groups -OCH3 is 1. The molecule has 1 aromatic heterocycles. The van der Waals surface area contributed by atoms with Gasteiger partial charge in [-0.15, -0.1) is 0 Å². The molecule has 6 heteroatoms. The molecule has 1 atom stereocenters. The Morgan fingerprint density at radius 2 is 1.90 bits per heavy atom. The van der Waals surface area contributed by atoms with Crippen molar-refractivity contribution in [1.82, 2.24) is 10.3 Å². The van der Waals surface area contributed by atoms with Crippen molar-refractivity contribution in [1.29, 1.82) is 0 Å². The summed E-state index contributed by atoms with van der Waals surface area (Å²) in [5.41, 5.74) is 0.720. The first-order chi connectivity index (χ1) is 10.1. The lowest BCUT2D eigenvalue weighted by Crippen LogP contribution is -2.24. The molecule has 0 bridgehead atoms. The van der Waals surface area contributed by atoms with Crippen molar-refractivity contribution in [3.63, 3.8) is 0 Å². The van der Waals surface area contributed by atoms with E-state index >= 15 is 0 Å². The van der Waals surface area contributed by atoms with E-state index in [-0.39, 0.29) is 5.56 Å². The zero-order valence-corrected chi connectivity index (χ0v) is 11.7. The highest BCUT2D eigenvalue weighted by molar-refractivity contribution is 5.37. The molecule has 0 spiro atoms. The van der Waals surface area contributed by atoms with Gasteiger partial charge in [0, 0.05) is 6.20 Å². The highest BCUT2D eigenvalue weighted by atomic mass is 19.2. The van der Waals surface area contributed by atoms with E-state index in [0.29, 0.717) is 18.0 Å². The Balaban J connectivity index is 2.53. The van der Waals surface area contributed by atoms with Crippen molar-refractivity contribution in [2.24, 2.45) is 0 Å². The fraction of sp³-hybridized carbons (Fsp3) is 0.267. The van der Waals surface area contributed by atoms with E-state index in [1.807, 2.05) is 6.92 Å². The summed E-state index contributed by atoms with van der Waals surface area (Å²) in [6, 6.07) is 4.70. The van der Waals surface area contributed by atoms with Crippen LogP contribution >= 0.6 is 0 Å². The van der Waals surface area contributed by atoms with Crippen molar-refractivity contribution in [3.05, 3.63) is 59.2 Å². The standard InChI is InChI=1S/C15H15F3N2O/c1-3-19-14(15-12(21-2)5-4-6-20-15)9-7-10(16)13(18)11(17)8-9/h4-8,14,19H,3H2,1-2H3. The highest BCUT2D eigenvalue weighted by Crippen LogP contribution is 2.29. The van der Waals surface area contributed by atoms with Crippen molar-refractivity contribution >= 4 is 0 Å². The summed E-state index contributed by atoms with van der Waals surface area (Å²) in [6.45, 7) is 2.38. The van der Waals surface area contributed by atoms with Gasteiger partial charge in [0.05, 0.1) is 13.2 Å². The van der Waals surface area contributed by atoms with Crippen LogP contribution in [0.4, 0.5) is 13.2 Å². The maximum absolute atomic E-state index is 13.4. The molecule has 0 saturated carbocycles. The summed E-state index contributed by atoms with van der Waals surface area (Å²) < 4.78 is 45.2. The number of halogens is 3. The highest BCUT2D eigenvalue weighted by Gasteiger charge is 2.22. The molecule has 0 amide bonds. The largest absolute Gasteiger partial charge is 0.495 e. The minimum Gasteiger partial charge on any atom is -0.495 e. The van der Waals surface area contributed by atoms with E-state index in [4.69, 9.17) is 4.74 Å². The van der Waals surface area contributed by atoms with Gasteiger partial charge in [-0.1, -0.05) is 6.92 Å². The Labute approximate surface area is 120 Å². The Kier molecular flexibility index (Phi) is 4.80. The first kappa shape index (κ1) is 15.3. The summed E-state index contributed by atoms with van der Waals surface area (Å²) in [4.78, 5) is 4.20. The summed E-state index contributed by atoms with van der Waals surface area (Å²) in [5.74, 6) is -3.47. The summed E-state index contributed by atoms with van der Waals surface area (Å²) in [7, 11) is 1.48. The van der Waals surface area contributed by atoms with Gasteiger partial charge >= 0.3 is 0 Å². The first-order valence-electron chi connectivity index (χ1n) is 6.45. The second-order valence-corrected chi connectivity index (χ2v) is 4.38. The van der Waals surface area contributed by atoms with E-state index in [9.17, 15) is 13.2 Å². The number of hydrogen-bond donors (Lipinski definition) is 1. The van der Waals surface area contributed by atoms with Crippen molar-refractivity contribution in [2.75, 3.05) is 13.7 Å². The smallest absolute Gasteiger partial charge is 0.194 e. The first-order valence-corrected chi connectivity index (χ1v) is 6.45. The number of benzene rings is 1. The SMILES string of the molecule is CCNC(c1cc(F)c(F)c(F)c1)c1ncccc1OC. The lowest BCUT2D eigenvalue weighted by molar-refractivity contribution is 0.399. The molecule has 1 unspecified atom stereocenters. The topological polar surface area (TPSA) is 34.2 Å². The van der Waals surface area contributed by atoms with E-state index in [0.717, 1.165) is 12.1 Å².